The molecular weight excluding hydrogens is 340 g/mol. The summed E-state index contributed by atoms with van der Waals surface area (Å²) in [6.07, 6.45) is 0. The van der Waals surface area contributed by atoms with Crippen molar-refractivity contribution in [2.45, 2.75) is 5.92 Å². The first-order valence-corrected chi connectivity index (χ1v) is 7.68. The molecule has 0 amide bonds. The smallest absolute Gasteiger partial charge is 0.269 e. The third-order valence-corrected chi connectivity index (χ3v) is 4.20. The van der Waals surface area contributed by atoms with E-state index >= 15 is 0 Å². The first-order valence-electron chi connectivity index (χ1n) is 7.68. The predicted octanol–water partition coefficient (Wildman–Crippen LogP) is 3.57. The Labute approximate surface area is 147 Å². The lowest BCUT2D eigenvalue weighted by Crippen LogP contribution is -2.15. The van der Waals surface area contributed by atoms with E-state index in [0.717, 1.165) is 0 Å². The van der Waals surface area contributed by atoms with Gasteiger partial charge in [0.25, 0.3) is 5.69 Å². The van der Waals surface area contributed by atoms with E-state index in [9.17, 15) is 30.4 Å². The molecule has 0 saturated heterocycles. The van der Waals surface area contributed by atoms with Crippen LogP contribution in [0.1, 0.15) is 17.0 Å². The van der Waals surface area contributed by atoms with Crippen LogP contribution in [0.2, 0.25) is 0 Å². The Bertz CT molecular complexity index is 1020. The Hall–Kier alpha value is -3.68. The fourth-order valence-corrected chi connectivity index (χ4v) is 3.07. The van der Waals surface area contributed by atoms with Crippen LogP contribution in [-0.4, -0.2) is 26.6 Å². The SMILES string of the molecule is O=[N+]([O-])CC(c1cccc([N+](=O)[O-])c1)c1c(O)c(O)cc2ccccc12. The van der Waals surface area contributed by atoms with Crippen LogP contribution in [0.4, 0.5) is 5.69 Å². The van der Waals surface area contributed by atoms with Crippen molar-refractivity contribution in [3.8, 4) is 11.5 Å². The van der Waals surface area contributed by atoms with Gasteiger partial charge in [0.15, 0.2) is 11.5 Å². The second-order valence-electron chi connectivity index (χ2n) is 5.80. The quantitative estimate of drug-likeness (QED) is 0.410. The Morgan fingerprint density at radius 2 is 1.69 bits per heavy atom. The number of rotatable bonds is 5. The zero-order valence-electron chi connectivity index (χ0n) is 13.4. The molecule has 3 aromatic rings. The molecule has 132 valence electrons. The molecule has 8 nitrogen and oxygen atoms in total. The van der Waals surface area contributed by atoms with Gasteiger partial charge in [-0.2, -0.15) is 0 Å². The summed E-state index contributed by atoms with van der Waals surface area (Å²) in [5.74, 6) is -1.85. The van der Waals surface area contributed by atoms with Gasteiger partial charge in [0.1, 0.15) is 0 Å². The number of phenols is 2. The summed E-state index contributed by atoms with van der Waals surface area (Å²) in [5, 5.41) is 43.9. The Balaban J connectivity index is 2.29. The number of nitro groups is 2. The molecule has 1 atom stereocenters. The lowest BCUT2D eigenvalue weighted by molar-refractivity contribution is -0.481. The molecule has 26 heavy (non-hydrogen) atoms. The summed E-state index contributed by atoms with van der Waals surface area (Å²) in [6.45, 7) is -0.595. The van der Waals surface area contributed by atoms with E-state index in [1.165, 1.54) is 30.3 Å². The number of aromatic hydroxyl groups is 2. The zero-order valence-corrected chi connectivity index (χ0v) is 13.4. The molecule has 0 aromatic heterocycles. The van der Waals surface area contributed by atoms with Crippen LogP contribution in [0.5, 0.6) is 11.5 Å². The van der Waals surface area contributed by atoms with Gasteiger partial charge in [-0.25, -0.2) is 0 Å². The maximum Gasteiger partial charge on any atom is 0.269 e. The van der Waals surface area contributed by atoms with E-state index in [0.29, 0.717) is 16.3 Å². The van der Waals surface area contributed by atoms with Crippen LogP contribution >= 0.6 is 0 Å². The molecule has 0 radical (unpaired) electrons. The highest BCUT2D eigenvalue weighted by atomic mass is 16.6. The largest absolute Gasteiger partial charge is 0.504 e. The van der Waals surface area contributed by atoms with Crippen LogP contribution in [0, 0.1) is 20.2 Å². The first kappa shape index (κ1) is 17.2. The number of nitro benzene ring substituents is 1. The normalized spacial score (nSPS) is 12.0. The lowest BCUT2D eigenvalue weighted by Gasteiger charge is -2.18. The summed E-state index contributed by atoms with van der Waals surface area (Å²) in [4.78, 5) is 21.1. The van der Waals surface area contributed by atoms with E-state index in [-0.39, 0.29) is 11.3 Å². The molecule has 0 bridgehead atoms. The number of non-ortho nitro benzene ring substituents is 1. The molecule has 0 heterocycles. The average Bonchev–Trinajstić information content (AvgIpc) is 2.61. The maximum atomic E-state index is 11.2. The topological polar surface area (TPSA) is 127 Å². The maximum absolute atomic E-state index is 11.2. The van der Waals surface area contributed by atoms with E-state index in [4.69, 9.17) is 0 Å². The van der Waals surface area contributed by atoms with Crippen molar-refractivity contribution in [2.75, 3.05) is 6.54 Å². The first-order chi connectivity index (χ1) is 12.4. The third kappa shape index (κ3) is 3.12. The molecule has 0 spiro atoms. The summed E-state index contributed by atoms with van der Waals surface area (Å²) in [7, 11) is 0. The Morgan fingerprint density at radius 1 is 0.962 bits per heavy atom. The molecule has 3 aromatic carbocycles. The highest BCUT2D eigenvalue weighted by Gasteiger charge is 2.28. The van der Waals surface area contributed by atoms with Crippen molar-refractivity contribution < 1.29 is 20.1 Å². The molecule has 8 heteroatoms. The third-order valence-electron chi connectivity index (χ3n) is 4.20. The molecule has 0 aliphatic carbocycles. The van der Waals surface area contributed by atoms with Gasteiger partial charge in [0, 0.05) is 22.6 Å². The highest BCUT2D eigenvalue weighted by molar-refractivity contribution is 5.90. The standard InChI is InChI=1S/C18H14N2O6/c21-16-9-12-4-1-2-7-14(12)17(18(16)22)15(10-19(23)24)11-5-3-6-13(8-11)20(25)26/h1-9,15,21-22H,10H2. The lowest BCUT2D eigenvalue weighted by atomic mass is 9.86. The van der Waals surface area contributed by atoms with Crippen molar-refractivity contribution in [1.29, 1.82) is 0 Å². The van der Waals surface area contributed by atoms with Gasteiger partial charge in [-0.15, -0.1) is 0 Å². The summed E-state index contributed by atoms with van der Waals surface area (Å²) >= 11 is 0. The summed E-state index contributed by atoms with van der Waals surface area (Å²) < 4.78 is 0. The second kappa shape index (κ2) is 6.67. The van der Waals surface area contributed by atoms with Crippen LogP contribution in [0.15, 0.2) is 54.6 Å². The van der Waals surface area contributed by atoms with Crippen LogP contribution in [0.25, 0.3) is 10.8 Å². The molecule has 0 fully saturated rings. The molecule has 3 rings (SSSR count). The molecule has 0 saturated carbocycles. The van der Waals surface area contributed by atoms with E-state index in [1.807, 2.05) is 0 Å². The Kier molecular flexibility index (Phi) is 4.40. The number of fused-ring (bicyclic) bond motifs is 1. The number of nitrogens with zero attached hydrogens (tertiary/aromatic N) is 2. The van der Waals surface area contributed by atoms with Gasteiger partial charge in [0.05, 0.1) is 10.8 Å². The van der Waals surface area contributed by atoms with Crippen molar-refractivity contribution in [3.05, 3.63) is 86.0 Å². The summed E-state index contributed by atoms with van der Waals surface area (Å²) in [5.41, 5.74) is 0.263. The van der Waals surface area contributed by atoms with Gasteiger partial charge in [-0.05, 0) is 22.4 Å². The van der Waals surface area contributed by atoms with Gasteiger partial charge < -0.3 is 10.2 Å². The Morgan fingerprint density at radius 3 is 2.38 bits per heavy atom. The van der Waals surface area contributed by atoms with Gasteiger partial charge in [-0.1, -0.05) is 36.4 Å². The minimum absolute atomic E-state index is 0.165. The summed E-state index contributed by atoms with van der Waals surface area (Å²) in [6, 6.07) is 13.7. The van der Waals surface area contributed by atoms with E-state index in [1.54, 1.807) is 24.3 Å². The van der Waals surface area contributed by atoms with E-state index in [2.05, 4.69) is 0 Å². The number of hydrogen-bond donors (Lipinski definition) is 2. The second-order valence-corrected chi connectivity index (χ2v) is 5.80. The number of benzene rings is 3. The fourth-order valence-electron chi connectivity index (χ4n) is 3.07. The van der Waals surface area contributed by atoms with Gasteiger partial charge in [0.2, 0.25) is 6.54 Å². The monoisotopic (exact) mass is 354 g/mol. The fraction of sp³-hybridized carbons (Fsp3) is 0.111. The van der Waals surface area contributed by atoms with Gasteiger partial charge in [-0.3, -0.25) is 20.2 Å². The number of hydrogen-bond acceptors (Lipinski definition) is 6. The molecule has 2 N–H and O–H groups in total. The average molecular weight is 354 g/mol. The zero-order chi connectivity index (χ0) is 18.8. The van der Waals surface area contributed by atoms with E-state index < -0.39 is 33.8 Å². The van der Waals surface area contributed by atoms with Crippen molar-refractivity contribution >= 4 is 16.5 Å². The van der Waals surface area contributed by atoms with Crippen LogP contribution in [-0.2, 0) is 0 Å². The molecule has 1 unspecified atom stereocenters. The molecular formula is C18H14N2O6. The minimum atomic E-state index is -0.970. The molecule has 0 aliphatic rings. The van der Waals surface area contributed by atoms with Crippen molar-refractivity contribution in [3.63, 3.8) is 0 Å². The van der Waals surface area contributed by atoms with Crippen LogP contribution in [0.3, 0.4) is 0 Å². The van der Waals surface area contributed by atoms with Crippen molar-refractivity contribution in [2.24, 2.45) is 0 Å². The minimum Gasteiger partial charge on any atom is -0.504 e. The highest BCUT2D eigenvalue weighted by Crippen LogP contribution is 2.43. The molecule has 0 aliphatic heterocycles. The van der Waals surface area contributed by atoms with Crippen molar-refractivity contribution in [1.82, 2.24) is 0 Å². The number of phenolic OH excluding ortho intramolecular Hbond substituents is 2. The van der Waals surface area contributed by atoms with Crippen LogP contribution < -0.4 is 0 Å². The predicted molar refractivity (Wildman–Crippen MR) is 94.1 cm³/mol. The van der Waals surface area contributed by atoms with Gasteiger partial charge >= 0.3 is 0 Å².